The lowest BCUT2D eigenvalue weighted by molar-refractivity contribution is 0.174. The molecule has 0 saturated carbocycles. The fourth-order valence-corrected chi connectivity index (χ4v) is 2.91. The van der Waals surface area contributed by atoms with Crippen LogP contribution < -0.4 is 14.8 Å². The molecule has 1 aliphatic heterocycles. The molecule has 3 aromatic rings. The number of ether oxygens (including phenoxy) is 2. The van der Waals surface area contributed by atoms with Crippen molar-refractivity contribution in [3.8, 4) is 11.5 Å². The van der Waals surface area contributed by atoms with Crippen LogP contribution in [0.2, 0.25) is 0 Å². The normalized spacial score (nSPS) is 12.8. The Morgan fingerprint density at radius 1 is 1.05 bits per heavy atom. The molecule has 4 nitrogen and oxygen atoms in total. The van der Waals surface area contributed by atoms with Crippen molar-refractivity contribution >= 4 is 32.4 Å². The molecule has 1 aliphatic rings. The Kier molecular flexibility index (Phi) is 2.31. The van der Waals surface area contributed by atoms with E-state index in [2.05, 4.69) is 10.3 Å². The van der Waals surface area contributed by atoms with Gasteiger partial charge in [0.1, 0.15) is 0 Å². The number of fused-ring (bicyclic) bond motifs is 2. The molecule has 0 saturated heterocycles. The molecule has 5 heteroatoms. The van der Waals surface area contributed by atoms with Crippen molar-refractivity contribution in [3.05, 3.63) is 42.5 Å². The fraction of sp³-hybridized carbons (Fsp3) is 0.0714. The van der Waals surface area contributed by atoms with E-state index >= 15 is 0 Å². The molecule has 4 rings (SSSR count). The van der Waals surface area contributed by atoms with E-state index < -0.39 is 0 Å². The summed E-state index contributed by atoms with van der Waals surface area (Å²) in [4.78, 5) is 4.56. The summed E-state index contributed by atoms with van der Waals surface area (Å²) < 4.78 is 11.8. The molecule has 0 unspecified atom stereocenters. The Labute approximate surface area is 113 Å². The molecule has 1 N–H and O–H groups in total. The van der Waals surface area contributed by atoms with Gasteiger partial charge in [-0.05, 0) is 12.1 Å². The Hall–Kier alpha value is -2.27. The molecule has 0 fully saturated rings. The molecule has 94 valence electrons. The van der Waals surface area contributed by atoms with E-state index in [0.717, 1.165) is 32.5 Å². The van der Waals surface area contributed by atoms with Crippen molar-refractivity contribution in [2.75, 3.05) is 12.1 Å². The van der Waals surface area contributed by atoms with Gasteiger partial charge in [0, 0.05) is 17.8 Å². The van der Waals surface area contributed by atoms with Crippen LogP contribution >= 0.6 is 11.3 Å². The molecule has 0 amide bonds. The molecule has 0 spiro atoms. The van der Waals surface area contributed by atoms with Gasteiger partial charge < -0.3 is 14.8 Å². The van der Waals surface area contributed by atoms with E-state index in [1.165, 1.54) is 0 Å². The number of benzene rings is 2. The van der Waals surface area contributed by atoms with E-state index in [-0.39, 0.29) is 0 Å². The van der Waals surface area contributed by atoms with Gasteiger partial charge in [-0.1, -0.05) is 29.5 Å². The Morgan fingerprint density at radius 2 is 1.84 bits per heavy atom. The highest BCUT2D eigenvalue weighted by molar-refractivity contribution is 7.22. The van der Waals surface area contributed by atoms with Crippen LogP contribution in [0.5, 0.6) is 11.5 Å². The van der Waals surface area contributed by atoms with Gasteiger partial charge in [0.05, 0.1) is 10.2 Å². The van der Waals surface area contributed by atoms with Gasteiger partial charge in [-0.15, -0.1) is 0 Å². The standard InChI is InChI=1S/C14H10N2O2S/c1-2-4-9(5-3-1)15-14-16-10-6-11-12(18-8-17-11)7-13(10)19-14/h1-7H,8H2,(H,15,16). The minimum atomic E-state index is 0.293. The lowest BCUT2D eigenvalue weighted by atomic mass is 10.3. The maximum atomic E-state index is 5.37. The van der Waals surface area contributed by atoms with Gasteiger partial charge in [-0.2, -0.15) is 0 Å². The highest BCUT2D eigenvalue weighted by Gasteiger charge is 2.16. The van der Waals surface area contributed by atoms with Crippen LogP contribution in [0.25, 0.3) is 10.2 Å². The van der Waals surface area contributed by atoms with Gasteiger partial charge in [0.25, 0.3) is 0 Å². The summed E-state index contributed by atoms with van der Waals surface area (Å²) in [6, 6.07) is 13.9. The van der Waals surface area contributed by atoms with E-state index in [9.17, 15) is 0 Å². The van der Waals surface area contributed by atoms with Crippen LogP contribution in [-0.2, 0) is 0 Å². The van der Waals surface area contributed by atoms with Crippen LogP contribution in [0.4, 0.5) is 10.8 Å². The minimum Gasteiger partial charge on any atom is -0.454 e. The molecule has 0 aliphatic carbocycles. The van der Waals surface area contributed by atoms with E-state index in [1.807, 2.05) is 42.5 Å². The quantitative estimate of drug-likeness (QED) is 0.769. The minimum absolute atomic E-state index is 0.293. The summed E-state index contributed by atoms with van der Waals surface area (Å²) in [5, 5.41) is 4.16. The Bertz CT molecular complexity index is 699. The van der Waals surface area contributed by atoms with Gasteiger partial charge in [-0.3, -0.25) is 0 Å². The first-order valence-electron chi connectivity index (χ1n) is 5.91. The number of nitrogens with zero attached hydrogens (tertiary/aromatic N) is 1. The summed E-state index contributed by atoms with van der Waals surface area (Å²) in [5.41, 5.74) is 1.95. The van der Waals surface area contributed by atoms with Crippen molar-refractivity contribution in [2.45, 2.75) is 0 Å². The first kappa shape index (κ1) is 10.6. The zero-order chi connectivity index (χ0) is 12.7. The Balaban J connectivity index is 1.72. The van der Waals surface area contributed by atoms with Gasteiger partial charge in [0.15, 0.2) is 16.6 Å². The molecular formula is C14H10N2O2S. The number of anilines is 2. The highest BCUT2D eigenvalue weighted by Crippen LogP contribution is 2.39. The van der Waals surface area contributed by atoms with Crippen molar-refractivity contribution in [1.29, 1.82) is 0 Å². The fourth-order valence-electron chi connectivity index (χ4n) is 2.02. The van der Waals surface area contributed by atoms with Crippen molar-refractivity contribution < 1.29 is 9.47 Å². The molecule has 0 bridgehead atoms. The SMILES string of the molecule is c1ccc(Nc2nc3cc4c(cc3s2)OCO4)cc1. The predicted octanol–water partition coefficient (Wildman–Crippen LogP) is 3.77. The van der Waals surface area contributed by atoms with Gasteiger partial charge >= 0.3 is 0 Å². The third-order valence-corrected chi connectivity index (χ3v) is 3.84. The smallest absolute Gasteiger partial charge is 0.231 e. The molecule has 0 atom stereocenters. The van der Waals surface area contributed by atoms with E-state index in [1.54, 1.807) is 11.3 Å². The number of thiazole rings is 1. The highest BCUT2D eigenvalue weighted by atomic mass is 32.1. The monoisotopic (exact) mass is 270 g/mol. The number of rotatable bonds is 2. The molecule has 2 heterocycles. The number of para-hydroxylation sites is 1. The topological polar surface area (TPSA) is 43.4 Å². The summed E-state index contributed by atoms with van der Waals surface area (Å²) in [7, 11) is 0. The average Bonchev–Trinajstić information content (AvgIpc) is 3.01. The number of aromatic nitrogens is 1. The van der Waals surface area contributed by atoms with Crippen LogP contribution in [0, 0.1) is 0 Å². The summed E-state index contributed by atoms with van der Waals surface area (Å²) in [5.74, 6) is 1.56. The van der Waals surface area contributed by atoms with E-state index in [0.29, 0.717) is 6.79 Å². The maximum Gasteiger partial charge on any atom is 0.231 e. The largest absolute Gasteiger partial charge is 0.454 e. The lowest BCUT2D eigenvalue weighted by Crippen LogP contribution is -1.92. The number of hydrogen-bond donors (Lipinski definition) is 1. The second kappa shape index (κ2) is 4.13. The second-order valence-corrected chi connectivity index (χ2v) is 5.21. The van der Waals surface area contributed by atoms with Crippen molar-refractivity contribution in [1.82, 2.24) is 4.98 Å². The summed E-state index contributed by atoms with van der Waals surface area (Å²) in [6.07, 6.45) is 0. The van der Waals surface area contributed by atoms with Crippen LogP contribution in [-0.4, -0.2) is 11.8 Å². The molecular weight excluding hydrogens is 260 g/mol. The van der Waals surface area contributed by atoms with Crippen molar-refractivity contribution in [2.24, 2.45) is 0 Å². The summed E-state index contributed by atoms with van der Waals surface area (Å²) >= 11 is 1.60. The first-order valence-corrected chi connectivity index (χ1v) is 6.72. The Morgan fingerprint density at radius 3 is 2.68 bits per heavy atom. The van der Waals surface area contributed by atoms with Crippen molar-refractivity contribution in [3.63, 3.8) is 0 Å². The molecule has 2 aromatic carbocycles. The third kappa shape index (κ3) is 1.88. The predicted molar refractivity (Wildman–Crippen MR) is 75.5 cm³/mol. The molecule has 19 heavy (non-hydrogen) atoms. The molecule has 0 radical (unpaired) electrons. The van der Waals surface area contributed by atoms with Crippen LogP contribution in [0.15, 0.2) is 42.5 Å². The maximum absolute atomic E-state index is 5.37. The van der Waals surface area contributed by atoms with Crippen LogP contribution in [0.3, 0.4) is 0 Å². The summed E-state index contributed by atoms with van der Waals surface area (Å²) in [6.45, 7) is 0.293. The zero-order valence-electron chi connectivity index (χ0n) is 9.92. The number of nitrogens with one attached hydrogen (secondary N) is 1. The average molecular weight is 270 g/mol. The van der Waals surface area contributed by atoms with E-state index in [4.69, 9.17) is 9.47 Å². The third-order valence-electron chi connectivity index (χ3n) is 2.91. The van der Waals surface area contributed by atoms with Gasteiger partial charge in [0.2, 0.25) is 6.79 Å². The zero-order valence-corrected chi connectivity index (χ0v) is 10.7. The van der Waals surface area contributed by atoms with Crippen LogP contribution in [0.1, 0.15) is 0 Å². The first-order chi connectivity index (χ1) is 9.38. The van der Waals surface area contributed by atoms with Gasteiger partial charge in [-0.25, -0.2) is 4.98 Å². The second-order valence-electron chi connectivity index (χ2n) is 4.18. The number of hydrogen-bond acceptors (Lipinski definition) is 5. The lowest BCUT2D eigenvalue weighted by Gasteiger charge is -1.99. The molecule has 1 aromatic heterocycles.